The first-order valence-corrected chi connectivity index (χ1v) is 5.25. The molecule has 1 N–H and O–H groups in total. The average molecular weight is 209 g/mol. The molecular weight excluding hydrogens is 190 g/mol. The Bertz CT molecular complexity index is 259. The van der Waals surface area contributed by atoms with Crippen LogP contribution in [0.2, 0.25) is 0 Å². The molecular formula is C12H19NO2. The van der Waals surface area contributed by atoms with Gasteiger partial charge in [0.25, 0.3) is 0 Å². The van der Waals surface area contributed by atoms with Crippen LogP contribution in [0, 0.1) is 0 Å². The predicted octanol–water partition coefficient (Wildman–Crippen LogP) is 2.17. The summed E-state index contributed by atoms with van der Waals surface area (Å²) < 4.78 is 5.10. The first-order chi connectivity index (χ1) is 7.36. The van der Waals surface area contributed by atoms with Crippen molar-refractivity contribution in [3.8, 4) is 5.75 Å². The monoisotopic (exact) mass is 209 g/mol. The Morgan fingerprint density at radius 2 is 1.80 bits per heavy atom. The molecule has 1 aromatic rings. The van der Waals surface area contributed by atoms with Gasteiger partial charge in [-0.1, -0.05) is 12.1 Å². The highest BCUT2D eigenvalue weighted by atomic mass is 16.6. The standard InChI is InChI=1S/C12H19NO2/c1-14-12-8-6-11(7-9-12)5-3-4-10-13-15-2/h6-9,13H,3-5,10H2,1-2H3. The van der Waals surface area contributed by atoms with Gasteiger partial charge in [0.15, 0.2) is 0 Å². The first kappa shape index (κ1) is 12.0. The zero-order valence-corrected chi connectivity index (χ0v) is 9.45. The van der Waals surface area contributed by atoms with E-state index in [1.54, 1.807) is 14.2 Å². The Morgan fingerprint density at radius 1 is 1.07 bits per heavy atom. The summed E-state index contributed by atoms with van der Waals surface area (Å²) in [6.45, 7) is 0.909. The van der Waals surface area contributed by atoms with Crippen molar-refractivity contribution in [2.75, 3.05) is 20.8 Å². The van der Waals surface area contributed by atoms with E-state index in [2.05, 4.69) is 17.6 Å². The van der Waals surface area contributed by atoms with Crippen LogP contribution < -0.4 is 10.2 Å². The highest BCUT2D eigenvalue weighted by Crippen LogP contribution is 2.12. The molecule has 0 aromatic heterocycles. The van der Waals surface area contributed by atoms with E-state index in [1.807, 2.05) is 12.1 Å². The van der Waals surface area contributed by atoms with Crippen LogP contribution >= 0.6 is 0 Å². The van der Waals surface area contributed by atoms with Crippen LogP contribution in [0.25, 0.3) is 0 Å². The predicted molar refractivity (Wildman–Crippen MR) is 60.9 cm³/mol. The van der Waals surface area contributed by atoms with Crippen LogP contribution in [0.4, 0.5) is 0 Å². The molecule has 0 saturated carbocycles. The summed E-state index contributed by atoms with van der Waals surface area (Å²) in [5.74, 6) is 0.916. The summed E-state index contributed by atoms with van der Waals surface area (Å²) in [5.41, 5.74) is 4.19. The van der Waals surface area contributed by atoms with E-state index in [0.29, 0.717) is 0 Å². The van der Waals surface area contributed by atoms with Crippen LogP contribution in [-0.4, -0.2) is 20.8 Å². The Hall–Kier alpha value is -1.06. The van der Waals surface area contributed by atoms with Gasteiger partial charge in [0.2, 0.25) is 0 Å². The Labute approximate surface area is 91.4 Å². The van der Waals surface area contributed by atoms with Gasteiger partial charge in [0.1, 0.15) is 5.75 Å². The van der Waals surface area contributed by atoms with Gasteiger partial charge < -0.3 is 9.57 Å². The molecule has 15 heavy (non-hydrogen) atoms. The maximum absolute atomic E-state index is 5.10. The Balaban J connectivity index is 2.20. The minimum Gasteiger partial charge on any atom is -0.497 e. The average Bonchev–Trinajstić information content (AvgIpc) is 2.30. The highest BCUT2D eigenvalue weighted by Gasteiger charge is 1.94. The van der Waals surface area contributed by atoms with E-state index in [9.17, 15) is 0 Å². The third-order valence-electron chi connectivity index (χ3n) is 2.30. The number of methoxy groups -OCH3 is 1. The fraction of sp³-hybridized carbons (Fsp3) is 0.500. The maximum atomic E-state index is 5.10. The lowest BCUT2D eigenvalue weighted by molar-refractivity contribution is 0.0906. The number of hydrogen-bond donors (Lipinski definition) is 1. The number of hydrogen-bond acceptors (Lipinski definition) is 3. The van der Waals surface area contributed by atoms with Crippen molar-refractivity contribution in [3.63, 3.8) is 0 Å². The number of rotatable bonds is 7. The third kappa shape index (κ3) is 4.81. The van der Waals surface area contributed by atoms with Gasteiger partial charge in [0.05, 0.1) is 14.2 Å². The molecule has 1 aromatic carbocycles. The molecule has 0 spiro atoms. The summed E-state index contributed by atoms with van der Waals surface area (Å²) in [7, 11) is 3.33. The third-order valence-corrected chi connectivity index (χ3v) is 2.30. The second-order valence-electron chi connectivity index (χ2n) is 3.40. The topological polar surface area (TPSA) is 30.5 Å². The maximum Gasteiger partial charge on any atom is 0.118 e. The van der Waals surface area contributed by atoms with Gasteiger partial charge in [0, 0.05) is 6.54 Å². The molecule has 0 heterocycles. The lowest BCUT2D eigenvalue weighted by atomic mass is 10.1. The van der Waals surface area contributed by atoms with E-state index in [0.717, 1.165) is 25.1 Å². The summed E-state index contributed by atoms with van der Waals surface area (Å²) in [6.07, 6.45) is 3.40. The molecule has 3 nitrogen and oxygen atoms in total. The number of aryl methyl sites for hydroxylation is 1. The van der Waals surface area contributed by atoms with Crippen molar-refractivity contribution < 1.29 is 9.57 Å². The molecule has 0 aliphatic carbocycles. The lowest BCUT2D eigenvalue weighted by Gasteiger charge is -2.04. The van der Waals surface area contributed by atoms with E-state index >= 15 is 0 Å². The molecule has 0 aliphatic heterocycles. The molecule has 0 radical (unpaired) electrons. The van der Waals surface area contributed by atoms with E-state index < -0.39 is 0 Å². The zero-order chi connectivity index (χ0) is 10.9. The number of ether oxygens (including phenoxy) is 1. The number of hydroxylamine groups is 1. The Morgan fingerprint density at radius 3 is 2.40 bits per heavy atom. The van der Waals surface area contributed by atoms with Crippen molar-refractivity contribution in [2.24, 2.45) is 0 Å². The molecule has 0 atom stereocenters. The SMILES string of the molecule is CONCCCCc1ccc(OC)cc1. The summed E-state index contributed by atoms with van der Waals surface area (Å²) in [6, 6.07) is 8.23. The van der Waals surface area contributed by atoms with E-state index in [4.69, 9.17) is 9.57 Å². The molecule has 0 bridgehead atoms. The van der Waals surface area contributed by atoms with Gasteiger partial charge in [-0.2, -0.15) is 0 Å². The van der Waals surface area contributed by atoms with Gasteiger partial charge >= 0.3 is 0 Å². The molecule has 0 unspecified atom stereocenters. The van der Waals surface area contributed by atoms with Crippen LogP contribution in [0.5, 0.6) is 5.75 Å². The molecule has 0 aliphatic rings. The number of unbranched alkanes of at least 4 members (excludes halogenated alkanes) is 1. The number of benzene rings is 1. The summed E-state index contributed by atoms with van der Waals surface area (Å²) >= 11 is 0. The highest BCUT2D eigenvalue weighted by molar-refractivity contribution is 5.27. The molecule has 0 fully saturated rings. The lowest BCUT2D eigenvalue weighted by Crippen LogP contribution is -2.12. The number of nitrogens with one attached hydrogen (secondary N) is 1. The normalized spacial score (nSPS) is 10.3. The fourth-order valence-corrected chi connectivity index (χ4v) is 1.42. The molecule has 3 heteroatoms. The largest absolute Gasteiger partial charge is 0.497 e. The first-order valence-electron chi connectivity index (χ1n) is 5.25. The minimum atomic E-state index is 0.909. The van der Waals surface area contributed by atoms with Crippen molar-refractivity contribution in [1.29, 1.82) is 0 Å². The quantitative estimate of drug-likeness (QED) is 0.551. The molecule has 0 saturated heterocycles. The van der Waals surface area contributed by atoms with Gasteiger partial charge in [-0.05, 0) is 37.0 Å². The van der Waals surface area contributed by atoms with Crippen LogP contribution in [-0.2, 0) is 11.3 Å². The van der Waals surface area contributed by atoms with Crippen molar-refractivity contribution in [2.45, 2.75) is 19.3 Å². The molecule has 1 rings (SSSR count). The minimum absolute atomic E-state index is 0.909. The smallest absolute Gasteiger partial charge is 0.118 e. The van der Waals surface area contributed by atoms with Crippen molar-refractivity contribution in [3.05, 3.63) is 29.8 Å². The van der Waals surface area contributed by atoms with Gasteiger partial charge in [-0.15, -0.1) is 0 Å². The van der Waals surface area contributed by atoms with E-state index in [1.165, 1.54) is 12.0 Å². The van der Waals surface area contributed by atoms with Crippen LogP contribution in [0.1, 0.15) is 18.4 Å². The fourth-order valence-electron chi connectivity index (χ4n) is 1.42. The molecule has 84 valence electrons. The van der Waals surface area contributed by atoms with Gasteiger partial charge in [-0.3, -0.25) is 0 Å². The Kier molecular flexibility index (Phi) is 5.81. The van der Waals surface area contributed by atoms with E-state index in [-0.39, 0.29) is 0 Å². The van der Waals surface area contributed by atoms with Crippen molar-refractivity contribution in [1.82, 2.24) is 5.48 Å². The van der Waals surface area contributed by atoms with Crippen LogP contribution in [0.15, 0.2) is 24.3 Å². The zero-order valence-electron chi connectivity index (χ0n) is 9.45. The second-order valence-corrected chi connectivity index (χ2v) is 3.40. The molecule has 0 amide bonds. The summed E-state index contributed by atoms with van der Waals surface area (Å²) in [5, 5.41) is 0. The van der Waals surface area contributed by atoms with Crippen molar-refractivity contribution >= 4 is 0 Å². The second kappa shape index (κ2) is 7.26. The van der Waals surface area contributed by atoms with Crippen LogP contribution in [0.3, 0.4) is 0 Å². The summed E-state index contributed by atoms with van der Waals surface area (Å²) in [4.78, 5) is 4.76. The van der Waals surface area contributed by atoms with Gasteiger partial charge in [-0.25, -0.2) is 5.48 Å².